The van der Waals surface area contributed by atoms with Gasteiger partial charge in [0.25, 0.3) is 0 Å². The molecule has 29 heavy (non-hydrogen) atoms. The largest absolute Gasteiger partial charge is 0.440 e. The monoisotopic (exact) mass is 430 g/mol. The lowest BCUT2D eigenvalue weighted by Crippen LogP contribution is -2.48. The summed E-state index contributed by atoms with van der Waals surface area (Å²) in [6, 6.07) is 11.3. The van der Waals surface area contributed by atoms with E-state index in [-0.39, 0.29) is 5.91 Å². The van der Waals surface area contributed by atoms with Gasteiger partial charge in [0, 0.05) is 32.7 Å². The maximum absolute atomic E-state index is 12.3. The summed E-state index contributed by atoms with van der Waals surface area (Å²) in [4.78, 5) is 22.6. The van der Waals surface area contributed by atoms with Crippen LogP contribution in [0.3, 0.4) is 0 Å². The quantitative estimate of drug-likeness (QED) is 0.637. The van der Waals surface area contributed by atoms with Crippen molar-refractivity contribution in [2.45, 2.75) is 13.5 Å². The Hall–Kier alpha value is -2.19. The van der Waals surface area contributed by atoms with Crippen LogP contribution in [0.2, 0.25) is 5.02 Å². The second-order valence-corrected chi connectivity index (χ2v) is 8.43. The molecule has 0 aliphatic carbocycles. The number of aromatic nitrogens is 1. The van der Waals surface area contributed by atoms with Crippen LogP contribution in [-0.2, 0) is 11.3 Å². The van der Waals surface area contributed by atoms with E-state index in [1.807, 2.05) is 42.6 Å². The molecular weight excluding hydrogens is 408 g/mol. The Morgan fingerprint density at radius 1 is 1.17 bits per heavy atom. The molecule has 1 fully saturated rings. The zero-order valence-corrected chi connectivity index (χ0v) is 17.8. The highest BCUT2D eigenvalue weighted by Gasteiger charge is 2.21. The molecule has 0 saturated carbocycles. The topological polar surface area (TPSA) is 61.6 Å². The van der Waals surface area contributed by atoms with E-state index in [1.54, 1.807) is 17.4 Å². The number of rotatable bonds is 6. The van der Waals surface area contributed by atoms with Crippen molar-refractivity contribution in [3.63, 3.8) is 0 Å². The van der Waals surface area contributed by atoms with E-state index in [0.29, 0.717) is 23.1 Å². The van der Waals surface area contributed by atoms with Crippen molar-refractivity contribution in [1.82, 2.24) is 14.8 Å². The van der Waals surface area contributed by atoms with Gasteiger partial charge in [0.05, 0.1) is 27.8 Å². The fraction of sp³-hybridized carbons (Fsp3) is 0.333. The van der Waals surface area contributed by atoms with E-state index in [9.17, 15) is 4.79 Å². The van der Waals surface area contributed by atoms with Crippen molar-refractivity contribution in [3.05, 3.63) is 58.3 Å². The molecule has 8 heteroatoms. The number of para-hydroxylation sites is 1. The number of carbonyl (C=O) groups is 1. The first-order valence-electron chi connectivity index (χ1n) is 9.58. The van der Waals surface area contributed by atoms with Gasteiger partial charge in [-0.3, -0.25) is 14.6 Å². The van der Waals surface area contributed by atoms with Crippen molar-refractivity contribution in [1.29, 1.82) is 0 Å². The first kappa shape index (κ1) is 20.1. The summed E-state index contributed by atoms with van der Waals surface area (Å²) in [5, 5.41) is 5.46. The highest BCUT2D eigenvalue weighted by atomic mass is 35.5. The first-order chi connectivity index (χ1) is 14.1. The molecule has 0 atom stereocenters. The van der Waals surface area contributed by atoms with Gasteiger partial charge >= 0.3 is 0 Å². The minimum Gasteiger partial charge on any atom is -0.440 e. The van der Waals surface area contributed by atoms with Gasteiger partial charge in [-0.1, -0.05) is 29.8 Å². The summed E-state index contributed by atoms with van der Waals surface area (Å²) in [6.07, 6.45) is 0. The fourth-order valence-corrected chi connectivity index (χ4v) is 4.19. The molecule has 1 N–H and O–H groups in total. The van der Waals surface area contributed by atoms with Crippen LogP contribution in [0.5, 0.6) is 0 Å². The second kappa shape index (κ2) is 9.09. The van der Waals surface area contributed by atoms with E-state index >= 15 is 0 Å². The molecule has 0 radical (unpaired) electrons. The molecule has 0 unspecified atom stereocenters. The van der Waals surface area contributed by atoms with Gasteiger partial charge in [0.2, 0.25) is 11.8 Å². The summed E-state index contributed by atoms with van der Waals surface area (Å²) in [7, 11) is 0. The van der Waals surface area contributed by atoms with E-state index in [1.165, 1.54) is 0 Å². The summed E-state index contributed by atoms with van der Waals surface area (Å²) in [6.45, 7) is 6.55. The number of amides is 1. The average Bonchev–Trinajstić information content (AvgIpc) is 3.36. The molecule has 1 saturated heterocycles. The van der Waals surface area contributed by atoms with Crippen LogP contribution in [0.4, 0.5) is 5.69 Å². The van der Waals surface area contributed by atoms with Gasteiger partial charge in [-0.15, -0.1) is 11.3 Å². The molecule has 0 spiro atoms. The highest BCUT2D eigenvalue weighted by Crippen LogP contribution is 2.26. The number of aryl methyl sites for hydroxylation is 1. The number of anilines is 1. The van der Waals surface area contributed by atoms with E-state index in [4.69, 9.17) is 16.0 Å². The molecule has 0 bridgehead atoms. The summed E-state index contributed by atoms with van der Waals surface area (Å²) < 4.78 is 5.84. The standard InChI is InChI=1S/C21H23ClN4O2S/c1-15-18(24-21(28-15)19-7-4-12-29-19)13-25-8-10-26(11-9-25)14-20(27)23-17-6-3-2-5-16(17)22/h2-7,12H,8-11,13-14H2,1H3,(H,23,27). The Morgan fingerprint density at radius 3 is 2.66 bits per heavy atom. The number of halogens is 1. The highest BCUT2D eigenvalue weighted by molar-refractivity contribution is 7.13. The van der Waals surface area contributed by atoms with Gasteiger partial charge < -0.3 is 9.73 Å². The molecule has 6 nitrogen and oxygen atoms in total. The third-order valence-electron chi connectivity index (χ3n) is 4.98. The number of benzene rings is 1. The predicted octanol–water partition coefficient (Wildman–Crippen LogP) is 4.12. The third-order valence-corrected chi connectivity index (χ3v) is 6.17. The average molecular weight is 431 g/mol. The van der Waals surface area contributed by atoms with Crippen molar-refractivity contribution in [2.75, 3.05) is 38.0 Å². The molecule has 1 aromatic carbocycles. The lowest BCUT2D eigenvalue weighted by atomic mass is 10.2. The van der Waals surface area contributed by atoms with Gasteiger partial charge in [0.15, 0.2) is 0 Å². The number of hydrogen-bond acceptors (Lipinski definition) is 6. The third kappa shape index (κ3) is 5.05. The molecular formula is C21H23ClN4O2S. The summed E-state index contributed by atoms with van der Waals surface area (Å²) in [5.74, 6) is 1.52. The zero-order chi connectivity index (χ0) is 20.2. The van der Waals surface area contributed by atoms with Crippen molar-refractivity contribution in [3.8, 4) is 10.8 Å². The number of piperazine rings is 1. The first-order valence-corrected chi connectivity index (χ1v) is 10.8. The number of oxazole rings is 1. The van der Waals surface area contributed by atoms with Crippen LogP contribution in [0.25, 0.3) is 10.8 Å². The van der Waals surface area contributed by atoms with Gasteiger partial charge in [0.1, 0.15) is 5.76 Å². The van der Waals surface area contributed by atoms with E-state index < -0.39 is 0 Å². The maximum Gasteiger partial charge on any atom is 0.238 e. The lowest BCUT2D eigenvalue weighted by molar-refractivity contribution is -0.117. The van der Waals surface area contributed by atoms with Crippen molar-refractivity contribution in [2.24, 2.45) is 0 Å². The maximum atomic E-state index is 12.3. The van der Waals surface area contributed by atoms with Gasteiger partial charge in [-0.25, -0.2) is 4.98 Å². The van der Waals surface area contributed by atoms with Crippen LogP contribution in [0, 0.1) is 6.92 Å². The van der Waals surface area contributed by atoms with Crippen molar-refractivity contribution >= 4 is 34.5 Å². The molecule has 3 aromatic rings. The van der Waals surface area contributed by atoms with Crippen LogP contribution >= 0.6 is 22.9 Å². The fourth-order valence-electron chi connectivity index (χ4n) is 3.35. The Kier molecular flexibility index (Phi) is 6.30. The Balaban J connectivity index is 1.27. The number of thiophene rings is 1. The number of nitrogens with one attached hydrogen (secondary N) is 1. The SMILES string of the molecule is Cc1oc(-c2cccs2)nc1CN1CCN(CC(=O)Nc2ccccc2Cl)CC1. The normalized spacial score (nSPS) is 15.5. The lowest BCUT2D eigenvalue weighted by Gasteiger charge is -2.33. The summed E-state index contributed by atoms with van der Waals surface area (Å²) >= 11 is 7.74. The van der Waals surface area contributed by atoms with Crippen molar-refractivity contribution < 1.29 is 9.21 Å². The minimum absolute atomic E-state index is 0.0421. The molecule has 1 amide bonds. The molecule has 1 aliphatic rings. The number of nitrogens with zero attached hydrogens (tertiary/aromatic N) is 3. The van der Waals surface area contributed by atoms with Crippen LogP contribution in [0.15, 0.2) is 46.2 Å². The number of carbonyl (C=O) groups excluding carboxylic acids is 1. The van der Waals surface area contributed by atoms with Gasteiger partial charge in [-0.2, -0.15) is 0 Å². The Bertz CT molecular complexity index is 965. The van der Waals surface area contributed by atoms with E-state index in [2.05, 4.69) is 20.1 Å². The smallest absolute Gasteiger partial charge is 0.238 e. The van der Waals surface area contributed by atoms with Crippen LogP contribution in [0.1, 0.15) is 11.5 Å². The number of hydrogen-bond donors (Lipinski definition) is 1. The molecule has 4 rings (SSSR count). The molecule has 1 aliphatic heterocycles. The predicted molar refractivity (Wildman–Crippen MR) is 116 cm³/mol. The molecule has 152 valence electrons. The van der Waals surface area contributed by atoms with Crippen LogP contribution < -0.4 is 5.32 Å². The van der Waals surface area contributed by atoms with Crippen LogP contribution in [-0.4, -0.2) is 53.4 Å². The Labute approximate surface area is 179 Å². The minimum atomic E-state index is -0.0421. The summed E-state index contributed by atoms with van der Waals surface area (Å²) in [5.41, 5.74) is 1.64. The second-order valence-electron chi connectivity index (χ2n) is 7.08. The Morgan fingerprint density at radius 2 is 1.93 bits per heavy atom. The molecule has 2 aromatic heterocycles. The zero-order valence-electron chi connectivity index (χ0n) is 16.2. The van der Waals surface area contributed by atoms with Gasteiger partial charge in [-0.05, 0) is 30.5 Å². The van der Waals surface area contributed by atoms with E-state index in [0.717, 1.165) is 49.1 Å². The molecule has 3 heterocycles.